The molecule has 2 aromatic rings. The molecule has 0 aliphatic carbocycles. The Hall–Kier alpha value is -1.37. The fraction of sp³-hybridized carbons (Fsp3) is 0.250. The van der Waals surface area contributed by atoms with E-state index in [-0.39, 0.29) is 21.8 Å². The van der Waals surface area contributed by atoms with Gasteiger partial charge in [-0.05, 0) is 13.8 Å². The molecule has 0 bridgehead atoms. The highest BCUT2D eigenvalue weighted by Gasteiger charge is 2.17. The van der Waals surface area contributed by atoms with Crippen LogP contribution in [-0.2, 0) is 0 Å². The molecule has 2 rings (SSSR count). The summed E-state index contributed by atoms with van der Waals surface area (Å²) in [5, 5.41) is 15.2. The van der Waals surface area contributed by atoms with Crippen molar-refractivity contribution >= 4 is 45.9 Å². The Labute approximate surface area is 129 Å². The number of non-ortho nitro benzene ring substituents is 1. The Morgan fingerprint density at radius 2 is 2.00 bits per heavy atom. The molecule has 0 fully saturated rings. The first-order valence-corrected chi connectivity index (χ1v) is 7.28. The Bertz CT molecular complexity index is 637. The van der Waals surface area contributed by atoms with Gasteiger partial charge in [-0.3, -0.25) is 10.1 Å². The van der Waals surface area contributed by atoms with Gasteiger partial charge in [0.15, 0.2) is 0 Å². The molecule has 1 N–H and O–H groups in total. The molecule has 0 amide bonds. The normalized spacial score (nSPS) is 12.2. The van der Waals surface area contributed by atoms with Crippen molar-refractivity contribution in [2.24, 2.45) is 0 Å². The van der Waals surface area contributed by atoms with Crippen molar-refractivity contribution in [3.8, 4) is 0 Å². The highest BCUT2D eigenvalue weighted by molar-refractivity contribution is 7.11. The molecule has 5 nitrogen and oxygen atoms in total. The number of nitrogens with zero attached hydrogens (tertiary/aromatic N) is 2. The Kier molecular flexibility index (Phi) is 4.47. The number of nitrogens with one attached hydrogen (secondary N) is 1. The second-order valence-electron chi connectivity index (χ2n) is 4.22. The molecule has 0 saturated carbocycles. The minimum Gasteiger partial charge on any atom is -0.374 e. The second-order valence-corrected chi connectivity index (χ2v) is 6.30. The molecule has 0 saturated heterocycles. The van der Waals surface area contributed by atoms with Crippen molar-refractivity contribution in [1.82, 2.24) is 4.98 Å². The number of aromatic nitrogens is 1. The SMILES string of the molecule is Cc1cnc(C(C)Nc2c(Cl)cc([N+](=O)[O-])cc2Cl)s1. The number of nitro groups is 1. The van der Waals surface area contributed by atoms with Gasteiger partial charge in [0.25, 0.3) is 5.69 Å². The van der Waals surface area contributed by atoms with Crippen LogP contribution in [0.4, 0.5) is 11.4 Å². The van der Waals surface area contributed by atoms with Crippen LogP contribution in [0.25, 0.3) is 0 Å². The molecule has 1 heterocycles. The van der Waals surface area contributed by atoms with Crippen molar-refractivity contribution in [3.05, 3.63) is 48.4 Å². The van der Waals surface area contributed by atoms with Gasteiger partial charge in [-0.25, -0.2) is 4.98 Å². The van der Waals surface area contributed by atoms with Crippen molar-refractivity contribution in [2.45, 2.75) is 19.9 Å². The molecule has 1 aromatic carbocycles. The molecule has 106 valence electrons. The van der Waals surface area contributed by atoms with Crippen LogP contribution < -0.4 is 5.32 Å². The van der Waals surface area contributed by atoms with E-state index >= 15 is 0 Å². The van der Waals surface area contributed by atoms with Gasteiger partial charge >= 0.3 is 0 Å². The first kappa shape index (κ1) is 15.0. The van der Waals surface area contributed by atoms with Crippen LogP contribution >= 0.6 is 34.5 Å². The number of rotatable bonds is 4. The molecule has 20 heavy (non-hydrogen) atoms. The standard InChI is InChI=1S/C12H11Cl2N3O2S/c1-6-5-15-12(20-6)7(2)16-11-9(13)3-8(17(18)19)4-10(11)14/h3-5,7,16H,1-2H3. The van der Waals surface area contributed by atoms with Crippen LogP contribution in [0.5, 0.6) is 0 Å². The lowest BCUT2D eigenvalue weighted by atomic mass is 10.2. The van der Waals surface area contributed by atoms with E-state index in [9.17, 15) is 10.1 Å². The van der Waals surface area contributed by atoms with E-state index in [1.54, 1.807) is 17.5 Å². The van der Waals surface area contributed by atoms with E-state index in [1.165, 1.54) is 12.1 Å². The van der Waals surface area contributed by atoms with E-state index in [4.69, 9.17) is 23.2 Å². The number of hydrogen-bond acceptors (Lipinski definition) is 5. The molecule has 1 aromatic heterocycles. The van der Waals surface area contributed by atoms with Gasteiger partial charge in [-0.15, -0.1) is 11.3 Å². The van der Waals surface area contributed by atoms with Crippen molar-refractivity contribution in [1.29, 1.82) is 0 Å². The maximum atomic E-state index is 10.7. The largest absolute Gasteiger partial charge is 0.374 e. The summed E-state index contributed by atoms with van der Waals surface area (Å²) in [4.78, 5) is 15.6. The Morgan fingerprint density at radius 3 is 2.45 bits per heavy atom. The first-order chi connectivity index (χ1) is 9.38. The van der Waals surface area contributed by atoms with Gasteiger partial charge in [0, 0.05) is 23.2 Å². The maximum Gasteiger partial charge on any atom is 0.272 e. The van der Waals surface area contributed by atoms with Crippen LogP contribution in [0.15, 0.2) is 18.3 Å². The lowest BCUT2D eigenvalue weighted by Crippen LogP contribution is -2.07. The molecular weight excluding hydrogens is 321 g/mol. The fourth-order valence-corrected chi connectivity index (χ4v) is 3.01. The van der Waals surface area contributed by atoms with Gasteiger partial charge in [-0.2, -0.15) is 0 Å². The third kappa shape index (κ3) is 3.20. The summed E-state index contributed by atoms with van der Waals surface area (Å²) in [5.41, 5.74) is 0.336. The lowest BCUT2D eigenvalue weighted by Gasteiger charge is -2.15. The van der Waals surface area contributed by atoms with E-state index in [0.717, 1.165) is 9.88 Å². The maximum absolute atomic E-state index is 10.7. The third-order valence-corrected chi connectivity index (χ3v) is 4.30. The van der Waals surface area contributed by atoms with Crippen LogP contribution in [-0.4, -0.2) is 9.91 Å². The first-order valence-electron chi connectivity index (χ1n) is 5.70. The zero-order chi connectivity index (χ0) is 14.9. The quantitative estimate of drug-likeness (QED) is 0.642. The van der Waals surface area contributed by atoms with Crippen LogP contribution in [0, 0.1) is 17.0 Å². The van der Waals surface area contributed by atoms with Crippen molar-refractivity contribution in [3.63, 3.8) is 0 Å². The molecule has 8 heteroatoms. The number of thiazole rings is 1. The molecule has 0 radical (unpaired) electrons. The van der Waals surface area contributed by atoms with Gasteiger partial charge in [-0.1, -0.05) is 23.2 Å². The number of nitro benzene ring substituents is 1. The van der Waals surface area contributed by atoms with E-state index < -0.39 is 4.92 Å². The minimum absolute atomic E-state index is 0.0924. The summed E-state index contributed by atoms with van der Waals surface area (Å²) >= 11 is 13.7. The highest BCUT2D eigenvalue weighted by atomic mass is 35.5. The zero-order valence-corrected chi connectivity index (χ0v) is 13.0. The Morgan fingerprint density at radius 1 is 1.40 bits per heavy atom. The third-order valence-electron chi connectivity index (χ3n) is 2.61. The average Bonchev–Trinajstić information content (AvgIpc) is 2.80. The van der Waals surface area contributed by atoms with Crippen LogP contribution in [0.3, 0.4) is 0 Å². The number of anilines is 1. The molecule has 0 aliphatic heterocycles. The summed E-state index contributed by atoms with van der Waals surface area (Å²) in [6.07, 6.45) is 1.79. The highest BCUT2D eigenvalue weighted by Crippen LogP contribution is 2.37. The fourth-order valence-electron chi connectivity index (χ4n) is 1.65. The van der Waals surface area contributed by atoms with E-state index in [1.807, 2.05) is 13.8 Å². The number of hydrogen-bond donors (Lipinski definition) is 1. The molecule has 0 aliphatic rings. The molecule has 1 unspecified atom stereocenters. The van der Waals surface area contributed by atoms with E-state index in [0.29, 0.717) is 5.69 Å². The van der Waals surface area contributed by atoms with Gasteiger partial charge in [0.1, 0.15) is 5.01 Å². The summed E-state index contributed by atoms with van der Waals surface area (Å²) < 4.78 is 0. The van der Waals surface area contributed by atoms with Crippen LogP contribution in [0.1, 0.15) is 22.9 Å². The van der Waals surface area contributed by atoms with Crippen LogP contribution in [0.2, 0.25) is 10.0 Å². The number of aryl methyl sites for hydroxylation is 1. The minimum atomic E-state index is -0.533. The Balaban J connectivity index is 2.27. The van der Waals surface area contributed by atoms with E-state index in [2.05, 4.69) is 10.3 Å². The molecule has 1 atom stereocenters. The molecule has 0 spiro atoms. The summed E-state index contributed by atoms with van der Waals surface area (Å²) in [7, 11) is 0. The monoisotopic (exact) mass is 331 g/mol. The van der Waals surface area contributed by atoms with Crippen molar-refractivity contribution < 1.29 is 4.92 Å². The van der Waals surface area contributed by atoms with Gasteiger partial charge in [0.2, 0.25) is 0 Å². The van der Waals surface area contributed by atoms with Gasteiger partial charge in [0.05, 0.1) is 26.7 Å². The van der Waals surface area contributed by atoms with Gasteiger partial charge < -0.3 is 5.32 Å². The second kappa shape index (κ2) is 5.95. The van der Waals surface area contributed by atoms with Crippen molar-refractivity contribution in [2.75, 3.05) is 5.32 Å². The average molecular weight is 332 g/mol. The number of benzene rings is 1. The zero-order valence-electron chi connectivity index (χ0n) is 10.7. The summed E-state index contributed by atoms with van der Waals surface area (Å²) in [6, 6.07) is 2.45. The topological polar surface area (TPSA) is 68.1 Å². The number of halogens is 2. The summed E-state index contributed by atoms with van der Waals surface area (Å²) in [6.45, 7) is 3.89. The predicted octanol–water partition coefficient (Wildman–Crippen LogP) is 4.84. The predicted molar refractivity (Wildman–Crippen MR) is 82.0 cm³/mol. The summed E-state index contributed by atoms with van der Waals surface area (Å²) in [5.74, 6) is 0. The smallest absolute Gasteiger partial charge is 0.272 e. The lowest BCUT2D eigenvalue weighted by molar-refractivity contribution is -0.384. The molecular formula is C12H11Cl2N3O2S.